The Balaban J connectivity index is 0.000000215. The molecule has 4 aromatic rings. The standard InChI is InChI=1S/C14H16N4O3.C11H11N3O3/c1-4-21-14(20)10(9-17(2)3)12(19)13-15-11-7-5-6-8-18(11)16-13;1-2-17-10(16)7-8(15)11-12-9-5-3-4-6-14(9)13-11/h5-9H,4H2,1-3H3;3-6H,2,7H2,1H3/b10-9+;. The molecule has 4 aromatic heterocycles. The molecule has 0 aliphatic rings. The molecule has 0 N–H and O–H groups in total. The third kappa shape index (κ3) is 7.06. The molecule has 198 valence electrons. The average molecular weight is 522 g/mol. The van der Waals surface area contributed by atoms with Crippen LogP contribution in [0.2, 0.25) is 0 Å². The molecule has 0 aliphatic carbocycles. The summed E-state index contributed by atoms with van der Waals surface area (Å²) < 4.78 is 12.6. The highest BCUT2D eigenvalue weighted by atomic mass is 16.5. The van der Waals surface area contributed by atoms with Crippen molar-refractivity contribution in [3.63, 3.8) is 0 Å². The maximum Gasteiger partial charge on any atom is 0.343 e. The minimum Gasteiger partial charge on any atom is -0.466 e. The highest BCUT2D eigenvalue weighted by Crippen LogP contribution is 2.10. The molecule has 4 heterocycles. The van der Waals surface area contributed by atoms with Gasteiger partial charge in [-0.2, -0.15) is 0 Å². The summed E-state index contributed by atoms with van der Waals surface area (Å²) in [7, 11) is 3.42. The summed E-state index contributed by atoms with van der Waals surface area (Å²) in [4.78, 5) is 56.9. The topological polar surface area (TPSA) is 150 Å². The first-order valence-electron chi connectivity index (χ1n) is 11.6. The minimum atomic E-state index is -0.685. The van der Waals surface area contributed by atoms with Crippen LogP contribution in [0.15, 0.2) is 60.6 Å². The van der Waals surface area contributed by atoms with E-state index in [9.17, 15) is 19.2 Å². The molecular formula is C25H27N7O6. The molecule has 38 heavy (non-hydrogen) atoms. The number of aromatic nitrogens is 6. The second-order valence-corrected chi connectivity index (χ2v) is 7.84. The predicted octanol–water partition coefficient (Wildman–Crippen LogP) is 1.79. The van der Waals surface area contributed by atoms with Crippen molar-refractivity contribution in [2.75, 3.05) is 27.3 Å². The Hall–Kier alpha value is -4.94. The van der Waals surface area contributed by atoms with Crippen LogP contribution >= 0.6 is 0 Å². The third-order valence-electron chi connectivity index (χ3n) is 4.67. The van der Waals surface area contributed by atoms with Gasteiger partial charge in [0.1, 0.15) is 12.0 Å². The molecule has 4 rings (SSSR count). The number of rotatable bonds is 9. The number of ether oxygens (including phenoxy) is 2. The van der Waals surface area contributed by atoms with Crippen molar-refractivity contribution < 1.29 is 28.7 Å². The van der Waals surface area contributed by atoms with Crippen LogP contribution in [0.4, 0.5) is 0 Å². The fraction of sp³-hybridized carbons (Fsp3) is 0.280. The SMILES string of the molecule is CCOC(=O)/C(=C/N(C)C)C(=O)c1nc2ccccn2n1.CCOC(=O)CC(=O)c1nc2ccccn2n1. The molecule has 0 saturated heterocycles. The number of hydrogen-bond acceptors (Lipinski definition) is 11. The van der Waals surface area contributed by atoms with Gasteiger partial charge in [0.2, 0.25) is 23.2 Å². The number of pyridine rings is 2. The molecule has 0 fully saturated rings. The summed E-state index contributed by atoms with van der Waals surface area (Å²) in [5, 5.41) is 8.05. The maximum absolute atomic E-state index is 12.4. The van der Waals surface area contributed by atoms with Gasteiger partial charge in [0.15, 0.2) is 11.3 Å². The molecule has 0 bridgehead atoms. The molecule has 0 amide bonds. The lowest BCUT2D eigenvalue weighted by Crippen LogP contribution is -2.20. The minimum absolute atomic E-state index is 0.0317. The predicted molar refractivity (Wildman–Crippen MR) is 134 cm³/mol. The first-order valence-corrected chi connectivity index (χ1v) is 11.6. The van der Waals surface area contributed by atoms with Gasteiger partial charge in [0.25, 0.3) is 0 Å². The van der Waals surface area contributed by atoms with E-state index in [1.54, 1.807) is 81.6 Å². The second-order valence-electron chi connectivity index (χ2n) is 7.84. The van der Waals surface area contributed by atoms with Gasteiger partial charge < -0.3 is 14.4 Å². The zero-order valence-electron chi connectivity index (χ0n) is 21.4. The van der Waals surface area contributed by atoms with Crippen molar-refractivity contribution in [3.8, 4) is 0 Å². The fourth-order valence-electron chi connectivity index (χ4n) is 3.09. The number of nitrogens with zero attached hydrogens (tertiary/aromatic N) is 7. The maximum atomic E-state index is 12.4. The van der Waals surface area contributed by atoms with Gasteiger partial charge in [0.05, 0.1) is 13.2 Å². The number of carbonyl (C=O) groups excluding carboxylic acids is 4. The Morgan fingerprint density at radius 1 is 0.842 bits per heavy atom. The van der Waals surface area contributed by atoms with Crippen molar-refractivity contribution in [2.24, 2.45) is 0 Å². The van der Waals surface area contributed by atoms with E-state index < -0.39 is 23.5 Å². The van der Waals surface area contributed by atoms with Gasteiger partial charge in [-0.1, -0.05) is 12.1 Å². The van der Waals surface area contributed by atoms with E-state index in [4.69, 9.17) is 4.74 Å². The van der Waals surface area contributed by atoms with Crippen molar-refractivity contribution >= 4 is 34.8 Å². The number of ketones is 2. The second kappa shape index (κ2) is 12.9. The first-order chi connectivity index (χ1) is 18.2. The van der Waals surface area contributed by atoms with Gasteiger partial charge in [-0.15, -0.1) is 10.2 Å². The number of carbonyl (C=O) groups is 4. The van der Waals surface area contributed by atoms with Gasteiger partial charge in [-0.3, -0.25) is 14.4 Å². The first kappa shape index (κ1) is 27.6. The monoisotopic (exact) mass is 521 g/mol. The van der Waals surface area contributed by atoms with E-state index in [0.29, 0.717) is 11.3 Å². The highest BCUT2D eigenvalue weighted by molar-refractivity contribution is 6.22. The molecule has 0 aromatic carbocycles. The quantitative estimate of drug-likeness (QED) is 0.104. The van der Waals surface area contributed by atoms with Gasteiger partial charge in [-0.05, 0) is 38.1 Å². The number of Topliss-reactive ketones (excluding diaryl/α,β-unsaturated/α-hetero) is 2. The molecule has 0 saturated carbocycles. The zero-order valence-corrected chi connectivity index (χ0v) is 21.4. The lowest BCUT2D eigenvalue weighted by atomic mass is 10.1. The number of esters is 2. The lowest BCUT2D eigenvalue weighted by Gasteiger charge is -2.09. The van der Waals surface area contributed by atoms with Crippen molar-refractivity contribution in [1.29, 1.82) is 0 Å². The van der Waals surface area contributed by atoms with E-state index >= 15 is 0 Å². The summed E-state index contributed by atoms with van der Waals surface area (Å²) in [6.07, 6.45) is 4.44. The smallest absolute Gasteiger partial charge is 0.343 e. The zero-order chi connectivity index (χ0) is 27.7. The number of fused-ring (bicyclic) bond motifs is 2. The van der Waals surface area contributed by atoms with E-state index in [0.717, 1.165) is 0 Å². The van der Waals surface area contributed by atoms with Crippen molar-refractivity contribution in [2.45, 2.75) is 20.3 Å². The summed E-state index contributed by atoms with van der Waals surface area (Å²) in [6.45, 7) is 3.81. The summed E-state index contributed by atoms with van der Waals surface area (Å²) in [6, 6.07) is 10.6. The summed E-state index contributed by atoms with van der Waals surface area (Å²) >= 11 is 0. The van der Waals surface area contributed by atoms with Crippen LogP contribution in [-0.2, 0) is 19.1 Å². The van der Waals surface area contributed by atoms with Crippen molar-refractivity contribution in [3.05, 3.63) is 72.2 Å². The van der Waals surface area contributed by atoms with Crippen LogP contribution in [0.25, 0.3) is 11.3 Å². The average Bonchev–Trinajstić information content (AvgIpc) is 3.52. The largest absolute Gasteiger partial charge is 0.466 e. The molecule has 0 aliphatic heterocycles. The molecular weight excluding hydrogens is 494 g/mol. The van der Waals surface area contributed by atoms with Crippen LogP contribution in [0, 0.1) is 0 Å². The molecule has 0 radical (unpaired) electrons. The van der Waals surface area contributed by atoms with E-state index in [1.807, 2.05) is 0 Å². The van der Waals surface area contributed by atoms with Crippen LogP contribution in [0.1, 0.15) is 41.5 Å². The Bertz CT molecular complexity index is 1420. The fourth-order valence-corrected chi connectivity index (χ4v) is 3.09. The Kier molecular flexibility index (Phi) is 9.35. The molecule has 0 atom stereocenters. The van der Waals surface area contributed by atoms with Crippen LogP contribution in [0.3, 0.4) is 0 Å². The molecule has 0 unspecified atom stereocenters. The van der Waals surface area contributed by atoms with Crippen LogP contribution in [-0.4, -0.2) is 84.9 Å². The lowest BCUT2D eigenvalue weighted by molar-refractivity contribution is -0.142. The normalized spacial score (nSPS) is 11.0. The van der Waals surface area contributed by atoms with Gasteiger partial charge in [-0.25, -0.2) is 23.8 Å². The molecule has 13 nitrogen and oxygen atoms in total. The Morgan fingerprint density at radius 2 is 1.39 bits per heavy atom. The molecule has 0 spiro atoms. The van der Waals surface area contributed by atoms with Crippen LogP contribution < -0.4 is 0 Å². The van der Waals surface area contributed by atoms with E-state index in [1.165, 1.54) is 15.2 Å². The summed E-state index contributed by atoms with van der Waals surface area (Å²) in [5.74, 6) is -2.25. The van der Waals surface area contributed by atoms with E-state index in [-0.39, 0.29) is 36.9 Å². The third-order valence-corrected chi connectivity index (χ3v) is 4.67. The highest BCUT2D eigenvalue weighted by Gasteiger charge is 2.25. The van der Waals surface area contributed by atoms with Gasteiger partial charge in [0, 0.05) is 32.7 Å². The van der Waals surface area contributed by atoms with Gasteiger partial charge >= 0.3 is 11.9 Å². The van der Waals surface area contributed by atoms with Crippen LogP contribution in [0.5, 0.6) is 0 Å². The Morgan fingerprint density at radius 3 is 1.92 bits per heavy atom. The van der Waals surface area contributed by atoms with Crippen molar-refractivity contribution in [1.82, 2.24) is 34.1 Å². The Labute approximate surface area is 217 Å². The summed E-state index contributed by atoms with van der Waals surface area (Å²) in [5.41, 5.74) is 1.01. The van der Waals surface area contributed by atoms with E-state index in [2.05, 4.69) is 24.9 Å². The number of hydrogen-bond donors (Lipinski definition) is 0. The molecule has 13 heteroatoms.